The van der Waals surface area contributed by atoms with Crippen molar-refractivity contribution in [3.05, 3.63) is 70.5 Å². The summed E-state index contributed by atoms with van der Waals surface area (Å²) in [6.07, 6.45) is -9.84. The highest BCUT2D eigenvalue weighted by atomic mass is 19.4. The third kappa shape index (κ3) is 7.15. The van der Waals surface area contributed by atoms with Crippen LogP contribution in [0.25, 0.3) is 0 Å². The number of nitrogens with zero attached hydrogens (tertiary/aromatic N) is 1. The Kier molecular flexibility index (Phi) is 8.85. The molecule has 0 bridgehead atoms. The third-order valence-electron chi connectivity index (χ3n) is 8.02. The average Bonchev–Trinajstić information content (AvgIpc) is 3.24. The molecule has 1 N–H and O–H groups in total. The van der Waals surface area contributed by atoms with Crippen LogP contribution in [0, 0.1) is 23.6 Å². The Morgan fingerprint density at radius 1 is 1.00 bits per heavy atom. The minimum absolute atomic E-state index is 0.0327. The lowest BCUT2D eigenvalue weighted by molar-refractivity contribution is -0.145. The third-order valence-corrected chi connectivity index (χ3v) is 8.02. The van der Waals surface area contributed by atoms with E-state index >= 15 is 0 Å². The molecule has 4 rings (SSSR count). The maximum Gasteiger partial charge on any atom is 0.416 e. The second-order valence-electron chi connectivity index (χ2n) is 11.2. The van der Waals surface area contributed by atoms with Crippen LogP contribution in [0.2, 0.25) is 0 Å². The Labute approximate surface area is 228 Å². The molecule has 40 heavy (non-hydrogen) atoms. The van der Waals surface area contributed by atoms with Gasteiger partial charge in [-0.2, -0.15) is 26.3 Å². The molecule has 1 saturated heterocycles. The lowest BCUT2D eigenvalue weighted by Crippen LogP contribution is -2.45. The van der Waals surface area contributed by atoms with Gasteiger partial charge in [0.2, 0.25) is 0 Å². The van der Waals surface area contributed by atoms with E-state index in [9.17, 15) is 40.6 Å². The van der Waals surface area contributed by atoms with Gasteiger partial charge in [0.05, 0.1) is 29.3 Å². The van der Waals surface area contributed by atoms with Crippen LogP contribution in [0.5, 0.6) is 0 Å². The molecule has 0 unspecified atom stereocenters. The van der Waals surface area contributed by atoms with E-state index in [1.807, 2.05) is 6.92 Å². The molecule has 1 aliphatic carbocycles. The first-order chi connectivity index (χ1) is 18.6. The zero-order valence-electron chi connectivity index (χ0n) is 22.1. The zero-order valence-corrected chi connectivity index (χ0v) is 22.1. The number of carbonyl (C=O) groups is 1. The Balaban J connectivity index is 1.60. The second-order valence-corrected chi connectivity index (χ2v) is 11.2. The number of piperidine rings is 1. The van der Waals surface area contributed by atoms with Gasteiger partial charge in [-0.25, -0.2) is 4.39 Å². The van der Waals surface area contributed by atoms with Gasteiger partial charge in [0.1, 0.15) is 5.82 Å². The first-order valence-electron chi connectivity index (χ1n) is 13.3. The molecule has 2 aromatic rings. The zero-order chi connectivity index (χ0) is 29.4. The van der Waals surface area contributed by atoms with E-state index < -0.39 is 53.4 Å². The van der Waals surface area contributed by atoms with Gasteiger partial charge < -0.3 is 14.7 Å². The Morgan fingerprint density at radius 3 is 2.15 bits per heavy atom. The van der Waals surface area contributed by atoms with E-state index in [4.69, 9.17) is 4.74 Å². The molecule has 2 aromatic carbocycles. The van der Waals surface area contributed by atoms with Gasteiger partial charge in [0.25, 0.3) is 0 Å². The molecular weight excluding hydrogens is 543 g/mol. The summed E-state index contributed by atoms with van der Waals surface area (Å²) in [6.45, 7) is 5.06. The summed E-state index contributed by atoms with van der Waals surface area (Å²) < 4.78 is 100. The number of carboxylic acid groups (broad SMARTS) is 1. The number of alkyl halides is 6. The molecule has 0 amide bonds. The van der Waals surface area contributed by atoms with Gasteiger partial charge in [0.15, 0.2) is 0 Å². The van der Waals surface area contributed by atoms with E-state index in [1.54, 1.807) is 12.1 Å². The van der Waals surface area contributed by atoms with Gasteiger partial charge in [-0.15, -0.1) is 0 Å². The summed E-state index contributed by atoms with van der Waals surface area (Å²) in [7, 11) is 0. The van der Waals surface area contributed by atoms with Crippen molar-refractivity contribution in [2.45, 2.75) is 63.6 Å². The van der Waals surface area contributed by atoms with Crippen molar-refractivity contribution in [1.29, 1.82) is 0 Å². The Hall–Kier alpha value is -2.66. The van der Waals surface area contributed by atoms with Crippen LogP contribution in [0.15, 0.2) is 42.5 Å². The first-order valence-corrected chi connectivity index (χ1v) is 13.3. The van der Waals surface area contributed by atoms with Crippen LogP contribution in [0.4, 0.5) is 30.7 Å². The van der Waals surface area contributed by atoms with Gasteiger partial charge in [-0.05, 0) is 79.5 Å². The first kappa shape index (κ1) is 30.3. The van der Waals surface area contributed by atoms with E-state index in [0.717, 1.165) is 5.56 Å². The summed E-state index contributed by atoms with van der Waals surface area (Å²) >= 11 is 0. The summed E-state index contributed by atoms with van der Waals surface area (Å²) in [5.74, 6) is -1.96. The molecule has 1 aliphatic heterocycles. The lowest BCUT2D eigenvalue weighted by Gasteiger charge is -2.38. The van der Waals surface area contributed by atoms with E-state index in [1.165, 1.54) is 19.1 Å². The number of halogens is 7. The molecule has 4 nitrogen and oxygen atoms in total. The quantitative estimate of drug-likeness (QED) is 0.347. The smallest absolute Gasteiger partial charge is 0.416 e. The van der Waals surface area contributed by atoms with Crippen LogP contribution in [0.3, 0.4) is 0 Å². The summed E-state index contributed by atoms with van der Waals surface area (Å²) in [5.41, 5.74) is -2.29. The molecule has 0 aromatic heterocycles. The fraction of sp³-hybridized carbons (Fsp3) is 0.552. The Bertz CT molecular complexity index is 1150. The van der Waals surface area contributed by atoms with Crippen molar-refractivity contribution >= 4 is 5.97 Å². The number of benzene rings is 2. The van der Waals surface area contributed by atoms with E-state index in [0.29, 0.717) is 51.0 Å². The highest BCUT2D eigenvalue weighted by molar-refractivity contribution is 5.70. The standard InChI is InChI=1S/C29H32F7NO3/c1-16-9-21(27(38)39)15-37(13-16)14-19-5-8-25(26(19)18-3-6-24(30)7-4-18)40-17(2)20-10-22(28(31,32)33)12-23(11-20)29(34,35)36/h3-4,6-7,10-12,16-17,19,21,25-26H,5,8-9,13-15H2,1-2H3,(H,38,39)/t16-,17-,19+,21-,25+,26+/m1/s1. The number of aliphatic carboxylic acids is 1. The average molecular weight is 576 g/mol. The van der Waals surface area contributed by atoms with Crippen molar-refractivity contribution in [3.8, 4) is 0 Å². The fourth-order valence-corrected chi connectivity index (χ4v) is 6.25. The summed E-state index contributed by atoms with van der Waals surface area (Å²) in [4.78, 5) is 13.8. The van der Waals surface area contributed by atoms with Crippen molar-refractivity contribution in [2.24, 2.45) is 17.8 Å². The van der Waals surface area contributed by atoms with Gasteiger partial charge in [-0.3, -0.25) is 4.79 Å². The molecular formula is C29H32F7NO3. The molecule has 220 valence electrons. The number of hydrogen-bond donors (Lipinski definition) is 1. The van der Waals surface area contributed by atoms with Gasteiger partial charge >= 0.3 is 18.3 Å². The van der Waals surface area contributed by atoms with Gasteiger partial charge in [-0.1, -0.05) is 19.1 Å². The monoisotopic (exact) mass is 575 g/mol. The normalized spacial score (nSPS) is 27.1. The molecule has 1 heterocycles. The molecule has 2 fully saturated rings. The second kappa shape index (κ2) is 11.7. The molecule has 0 radical (unpaired) electrons. The largest absolute Gasteiger partial charge is 0.481 e. The number of likely N-dealkylation sites (tertiary alicyclic amines) is 1. The molecule has 11 heteroatoms. The molecule has 1 saturated carbocycles. The number of ether oxygens (including phenoxy) is 1. The van der Waals surface area contributed by atoms with Crippen molar-refractivity contribution in [1.82, 2.24) is 4.90 Å². The predicted molar refractivity (Wildman–Crippen MR) is 133 cm³/mol. The maximum atomic E-state index is 13.7. The van der Waals surface area contributed by atoms with Crippen LogP contribution >= 0.6 is 0 Å². The Morgan fingerprint density at radius 2 is 1.60 bits per heavy atom. The van der Waals surface area contributed by atoms with E-state index in [2.05, 4.69) is 4.90 Å². The minimum Gasteiger partial charge on any atom is -0.481 e. The lowest BCUT2D eigenvalue weighted by atomic mass is 9.85. The fourth-order valence-electron chi connectivity index (χ4n) is 6.25. The van der Waals surface area contributed by atoms with Crippen LogP contribution in [0.1, 0.15) is 67.4 Å². The van der Waals surface area contributed by atoms with Crippen LogP contribution in [-0.4, -0.2) is 41.7 Å². The van der Waals surface area contributed by atoms with Crippen LogP contribution < -0.4 is 0 Å². The van der Waals surface area contributed by atoms with Crippen molar-refractivity contribution < 1.29 is 45.4 Å². The highest BCUT2D eigenvalue weighted by Gasteiger charge is 2.42. The number of rotatable bonds is 7. The van der Waals surface area contributed by atoms with E-state index in [-0.39, 0.29) is 29.4 Å². The predicted octanol–water partition coefficient (Wildman–Crippen LogP) is 7.55. The van der Waals surface area contributed by atoms with Gasteiger partial charge in [0, 0.05) is 25.6 Å². The van der Waals surface area contributed by atoms with Crippen LogP contribution in [-0.2, 0) is 21.9 Å². The molecule has 0 spiro atoms. The highest BCUT2D eigenvalue weighted by Crippen LogP contribution is 2.45. The number of carboxylic acids is 1. The minimum atomic E-state index is -4.97. The number of hydrogen-bond acceptors (Lipinski definition) is 3. The summed E-state index contributed by atoms with van der Waals surface area (Å²) in [6, 6.07) is 7.29. The topological polar surface area (TPSA) is 49.8 Å². The van der Waals surface area contributed by atoms with Crippen molar-refractivity contribution in [3.63, 3.8) is 0 Å². The summed E-state index contributed by atoms with van der Waals surface area (Å²) in [5, 5.41) is 9.56. The SMILES string of the molecule is C[C@@H]1C[C@@H](C(=O)O)CN(C[C@@H]2CC[C@H](O[C@H](C)c3cc(C(F)(F)F)cc(C(F)(F)F)c3)[C@H]2c2ccc(F)cc2)C1. The van der Waals surface area contributed by atoms with Crippen molar-refractivity contribution in [2.75, 3.05) is 19.6 Å². The molecule has 6 atom stereocenters. The molecule has 2 aliphatic rings. The maximum absolute atomic E-state index is 13.7.